The standard InChI is InChI=1S/C11H8BrClN2OS/c12-7-4-8(17-6-7)5-14-11(16)9-2-1-3-10(13)15-9/h1-4,6H,5H2,(H,14,16). The lowest BCUT2D eigenvalue weighted by Crippen LogP contribution is -2.23. The minimum atomic E-state index is -0.225. The SMILES string of the molecule is O=C(NCc1cc(Br)cs1)c1cccc(Cl)n1. The summed E-state index contributed by atoms with van der Waals surface area (Å²) in [7, 11) is 0. The van der Waals surface area contributed by atoms with Crippen molar-refractivity contribution in [1.82, 2.24) is 10.3 Å². The molecule has 2 rings (SSSR count). The smallest absolute Gasteiger partial charge is 0.270 e. The largest absolute Gasteiger partial charge is 0.346 e. The summed E-state index contributed by atoms with van der Waals surface area (Å²) in [5, 5.41) is 5.07. The van der Waals surface area contributed by atoms with Gasteiger partial charge >= 0.3 is 0 Å². The number of rotatable bonds is 3. The lowest BCUT2D eigenvalue weighted by atomic mass is 10.3. The van der Waals surface area contributed by atoms with Crippen LogP contribution in [0.1, 0.15) is 15.4 Å². The first-order valence-corrected chi connectivity index (χ1v) is 6.84. The molecule has 0 saturated heterocycles. The Kier molecular flexibility index (Phi) is 4.15. The van der Waals surface area contributed by atoms with Crippen LogP contribution >= 0.6 is 38.9 Å². The van der Waals surface area contributed by atoms with Crippen molar-refractivity contribution in [3.63, 3.8) is 0 Å². The molecule has 2 aromatic heterocycles. The van der Waals surface area contributed by atoms with E-state index in [1.165, 1.54) is 0 Å². The van der Waals surface area contributed by atoms with Crippen LogP contribution in [0.2, 0.25) is 5.15 Å². The van der Waals surface area contributed by atoms with Crippen LogP contribution in [0, 0.1) is 0 Å². The first-order valence-electron chi connectivity index (χ1n) is 4.79. The predicted molar refractivity (Wildman–Crippen MR) is 72.4 cm³/mol. The van der Waals surface area contributed by atoms with Gasteiger partial charge in [-0.2, -0.15) is 0 Å². The first kappa shape index (κ1) is 12.5. The highest BCUT2D eigenvalue weighted by molar-refractivity contribution is 9.10. The number of carbonyl (C=O) groups excluding carboxylic acids is 1. The molecule has 17 heavy (non-hydrogen) atoms. The average molecular weight is 332 g/mol. The summed E-state index contributed by atoms with van der Waals surface area (Å²) in [6.45, 7) is 0.489. The number of nitrogens with zero attached hydrogens (tertiary/aromatic N) is 1. The van der Waals surface area contributed by atoms with Crippen LogP contribution in [0.3, 0.4) is 0 Å². The van der Waals surface area contributed by atoms with Crippen LogP contribution in [0.4, 0.5) is 0 Å². The van der Waals surface area contributed by atoms with Crippen LogP contribution in [-0.4, -0.2) is 10.9 Å². The molecule has 0 bridgehead atoms. The summed E-state index contributed by atoms with van der Waals surface area (Å²) >= 11 is 10.7. The van der Waals surface area contributed by atoms with Crippen LogP contribution in [-0.2, 0) is 6.54 Å². The number of pyridine rings is 1. The van der Waals surface area contributed by atoms with E-state index >= 15 is 0 Å². The van der Waals surface area contributed by atoms with Gasteiger partial charge in [-0.05, 0) is 34.1 Å². The van der Waals surface area contributed by atoms with Gasteiger partial charge in [-0.1, -0.05) is 17.7 Å². The summed E-state index contributed by atoms with van der Waals surface area (Å²) in [4.78, 5) is 16.8. The van der Waals surface area contributed by atoms with Crippen molar-refractivity contribution in [2.45, 2.75) is 6.54 Å². The number of halogens is 2. The molecule has 0 aliphatic rings. The lowest BCUT2D eigenvalue weighted by Gasteiger charge is -2.02. The molecule has 0 unspecified atom stereocenters. The molecule has 0 aliphatic heterocycles. The van der Waals surface area contributed by atoms with Crippen molar-refractivity contribution in [2.75, 3.05) is 0 Å². The minimum absolute atomic E-state index is 0.225. The fourth-order valence-electron chi connectivity index (χ4n) is 1.24. The molecule has 0 spiro atoms. The molecule has 0 saturated carbocycles. The van der Waals surface area contributed by atoms with Crippen molar-refractivity contribution in [3.8, 4) is 0 Å². The van der Waals surface area contributed by atoms with E-state index in [1.807, 2.05) is 11.4 Å². The van der Waals surface area contributed by atoms with Crippen molar-refractivity contribution < 1.29 is 4.79 Å². The summed E-state index contributed by atoms with van der Waals surface area (Å²) in [6.07, 6.45) is 0. The third-order valence-corrected chi connectivity index (χ3v) is 3.90. The van der Waals surface area contributed by atoms with Gasteiger partial charge in [-0.15, -0.1) is 11.3 Å². The Morgan fingerprint density at radius 1 is 1.53 bits per heavy atom. The molecular formula is C11H8BrClN2OS. The molecule has 2 heterocycles. The quantitative estimate of drug-likeness (QED) is 0.875. The Balaban J connectivity index is 1.98. The van der Waals surface area contributed by atoms with E-state index in [2.05, 4.69) is 26.2 Å². The zero-order valence-corrected chi connectivity index (χ0v) is 11.8. The van der Waals surface area contributed by atoms with E-state index in [4.69, 9.17) is 11.6 Å². The maximum absolute atomic E-state index is 11.7. The Hall–Kier alpha value is -0.910. The second-order valence-electron chi connectivity index (χ2n) is 3.26. The van der Waals surface area contributed by atoms with Crippen molar-refractivity contribution in [1.29, 1.82) is 0 Å². The van der Waals surface area contributed by atoms with E-state index in [1.54, 1.807) is 29.5 Å². The molecule has 6 heteroatoms. The average Bonchev–Trinajstić information content (AvgIpc) is 2.72. The normalized spacial score (nSPS) is 10.2. The summed E-state index contributed by atoms with van der Waals surface area (Å²) in [5.74, 6) is -0.225. The predicted octanol–water partition coefficient (Wildman–Crippen LogP) is 3.49. The zero-order valence-electron chi connectivity index (χ0n) is 8.61. The Bertz CT molecular complexity index is 544. The van der Waals surface area contributed by atoms with Crippen LogP contribution in [0.25, 0.3) is 0 Å². The zero-order chi connectivity index (χ0) is 12.3. The maximum Gasteiger partial charge on any atom is 0.270 e. The van der Waals surface area contributed by atoms with Gasteiger partial charge in [0.2, 0.25) is 0 Å². The monoisotopic (exact) mass is 330 g/mol. The van der Waals surface area contributed by atoms with Crippen molar-refractivity contribution >= 4 is 44.8 Å². The third kappa shape index (κ3) is 3.52. The Morgan fingerprint density at radius 2 is 2.35 bits per heavy atom. The highest BCUT2D eigenvalue weighted by Crippen LogP contribution is 2.19. The lowest BCUT2D eigenvalue weighted by molar-refractivity contribution is 0.0946. The molecule has 1 N–H and O–H groups in total. The van der Waals surface area contributed by atoms with Gasteiger partial charge in [0, 0.05) is 14.7 Å². The molecule has 88 valence electrons. The number of hydrogen-bond donors (Lipinski definition) is 1. The highest BCUT2D eigenvalue weighted by Gasteiger charge is 2.07. The van der Waals surface area contributed by atoms with Gasteiger partial charge in [0.1, 0.15) is 10.8 Å². The Morgan fingerprint density at radius 3 is 3.00 bits per heavy atom. The van der Waals surface area contributed by atoms with E-state index in [0.717, 1.165) is 9.35 Å². The summed E-state index contributed by atoms with van der Waals surface area (Å²) in [6, 6.07) is 6.93. The molecule has 1 amide bonds. The fourth-order valence-corrected chi connectivity index (χ4v) is 2.79. The third-order valence-electron chi connectivity index (χ3n) is 1.99. The number of aromatic nitrogens is 1. The van der Waals surface area contributed by atoms with Crippen molar-refractivity contribution in [3.05, 3.63) is 49.8 Å². The number of amides is 1. The second-order valence-corrected chi connectivity index (χ2v) is 5.56. The summed E-state index contributed by atoms with van der Waals surface area (Å²) in [5.41, 5.74) is 0.327. The molecule has 0 radical (unpaired) electrons. The van der Waals surface area contributed by atoms with Gasteiger partial charge in [0.25, 0.3) is 5.91 Å². The molecule has 0 aliphatic carbocycles. The maximum atomic E-state index is 11.7. The first-order chi connectivity index (χ1) is 8.15. The second kappa shape index (κ2) is 5.62. The number of thiophene rings is 1. The molecule has 0 fully saturated rings. The number of hydrogen-bond acceptors (Lipinski definition) is 3. The number of carbonyl (C=O) groups is 1. The van der Waals surface area contributed by atoms with Crippen LogP contribution in [0.15, 0.2) is 34.1 Å². The van der Waals surface area contributed by atoms with Crippen LogP contribution in [0.5, 0.6) is 0 Å². The van der Waals surface area contributed by atoms with Crippen molar-refractivity contribution in [2.24, 2.45) is 0 Å². The van der Waals surface area contributed by atoms with Gasteiger partial charge in [-0.25, -0.2) is 4.98 Å². The van der Waals surface area contributed by atoms with Gasteiger partial charge in [0.05, 0.1) is 6.54 Å². The fraction of sp³-hybridized carbons (Fsp3) is 0.0909. The molecular weight excluding hydrogens is 324 g/mol. The minimum Gasteiger partial charge on any atom is -0.346 e. The summed E-state index contributed by atoms with van der Waals surface area (Å²) < 4.78 is 1.02. The number of nitrogens with one attached hydrogen (secondary N) is 1. The molecule has 2 aromatic rings. The molecule has 3 nitrogen and oxygen atoms in total. The Labute approximate surface area is 116 Å². The topological polar surface area (TPSA) is 42.0 Å². The molecule has 0 aromatic carbocycles. The van der Waals surface area contributed by atoms with Crippen LogP contribution < -0.4 is 5.32 Å². The van der Waals surface area contributed by atoms with Gasteiger partial charge in [0.15, 0.2) is 0 Å². The van der Waals surface area contributed by atoms with E-state index in [-0.39, 0.29) is 5.91 Å². The van der Waals surface area contributed by atoms with E-state index in [0.29, 0.717) is 17.4 Å². The van der Waals surface area contributed by atoms with Gasteiger partial charge < -0.3 is 5.32 Å². The highest BCUT2D eigenvalue weighted by atomic mass is 79.9. The van der Waals surface area contributed by atoms with E-state index < -0.39 is 0 Å². The molecule has 0 atom stereocenters. The van der Waals surface area contributed by atoms with E-state index in [9.17, 15) is 4.79 Å². The van der Waals surface area contributed by atoms with Gasteiger partial charge in [-0.3, -0.25) is 4.79 Å².